The summed E-state index contributed by atoms with van der Waals surface area (Å²) in [6, 6.07) is 5.39. The molecule has 37 heavy (non-hydrogen) atoms. The van der Waals surface area contributed by atoms with Crippen LogP contribution in [-0.4, -0.2) is 51.5 Å². The van der Waals surface area contributed by atoms with Crippen molar-refractivity contribution in [2.24, 2.45) is 0 Å². The minimum Gasteiger partial charge on any atom is -0.353 e. The van der Waals surface area contributed by atoms with Crippen molar-refractivity contribution < 1.29 is 36.9 Å². The minimum absolute atomic E-state index is 0.274. The SMILES string of the molecule is CC1(C)O[C@H]2[C@@H](O1)[C@H](n1ccc3c(CF)ncnc31)O[C@@H]2[C@H](OC1CCCCO1)c1ccc(F)c(F)c1. The Kier molecular flexibility index (Phi) is 6.44. The zero-order chi connectivity index (χ0) is 25.7. The lowest BCUT2D eigenvalue weighted by Gasteiger charge is -2.33. The lowest BCUT2D eigenvalue weighted by molar-refractivity contribution is -0.243. The van der Waals surface area contributed by atoms with Gasteiger partial charge in [-0.3, -0.25) is 0 Å². The Bertz CT molecular complexity index is 1280. The molecule has 0 saturated carbocycles. The van der Waals surface area contributed by atoms with Gasteiger partial charge in [0, 0.05) is 18.2 Å². The second-order valence-corrected chi connectivity index (χ2v) is 10.00. The van der Waals surface area contributed by atoms with Gasteiger partial charge in [0.1, 0.15) is 43.1 Å². The Balaban J connectivity index is 1.40. The van der Waals surface area contributed by atoms with Crippen LogP contribution < -0.4 is 0 Å². The monoisotopic (exact) mass is 519 g/mol. The van der Waals surface area contributed by atoms with Crippen LogP contribution in [-0.2, 0) is 30.4 Å². The largest absolute Gasteiger partial charge is 0.353 e. The third kappa shape index (κ3) is 4.52. The second-order valence-electron chi connectivity index (χ2n) is 10.00. The van der Waals surface area contributed by atoms with Crippen LogP contribution in [0, 0.1) is 11.6 Å². The van der Waals surface area contributed by atoms with Crippen molar-refractivity contribution in [3.05, 3.63) is 59.7 Å². The van der Waals surface area contributed by atoms with Gasteiger partial charge in [-0.1, -0.05) is 6.07 Å². The molecule has 3 aliphatic heterocycles. The number of halogens is 3. The zero-order valence-electron chi connectivity index (χ0n) is 20.5. The van der Waals surface area contributed by atoms with Gasteiger partial charge in [0.25, 0.3) is 0 Å². The maximum atomic E-state index is 14.3. The molecule has 1 aromatic carbocycles. The van der Waals surface area contributed by atoms with Crippen LogP contribution in [0.15, 0.2) is 36.8 Å². The quantitative estimate of drug-likeness (QED) is 0.459. The fourth-order valence-corrected chi connectivity index (χ4v) is 5.43. The molecule has 0 bridgehead atoms. The summed E-state index contributed by atoms with van der Waals surface area (Å²) in [4.78, 5) is 8.38. The van der Waals surface area contributed by atoms with Gasteiger partial charge in [0.05, 0.1) is 5.69 Å². The van der Waals surface area contributed by atoms with Crippen LogP contribution in [0.2, 0.25) is 0 Å². The predicted molar refractivity (Wildman–Crippen MR) is 124 cm³/mol. The molecule has 11 heteroatoms. The zero-order valence-corrected chi connectivity index (χ0v) is 20.5. The van der Waals surface area contributed by atoms with Gasteiger partial charge >= 0.3 is 0 Å². The second kappa shape index (κ2) is 9.63. The summed E-state index contributed by atoms with van der Waals surface area (Å²) in [5, 5.41) is 0.566. The third-order valence-electron chi connectivity index (χ3n) is 7.06. The number of nitrogens with zero attached hydrogens (tertiary/aromatic N) is 3. The molecule has 3 aliphatic rings. The first kappa shape index (κ1) is 24.7. The van der Waals surface area contributed by atoms with E-state index in [0.29, 0.717) is 29.6 Å². The smallest absolute Gasteiger partial charge is 0.164 e. The number of hydrogen-bond donors (Lipinski definition) is 0. The molecule has 198 valence electrons. The van der Waals surface area contributed by atoms with Gasteiger partial charge in [0.2, 0.25) is 0 Å². The third-order valence-corrected chi connectivity index (χ3v) is 7.06. The van der Waals surface area contributed by atoms with E-state index in [0.717, 1.165) is 25.0 Å². The summed E-state index contributed by atoms with van der Waals surface area (Å²) in [6.07, 6.45) is 1.54. The number of aromatic nitrogens is 3. The molecule has 3 aromatic rings. The van der Waals surface area contributed by atoms with Crippen LogP contribution in [0.25, 0.3) is 11.0 Å². The normalized spacial score (nSPS) is 30.0. The number of ether oxygens (including phenoxy) is 5. The fraction of sp³-hybridized carbons (Fsp3) is 0.538. The van der Waals surface area contributed by atoms with Crippen LogP contribution in [0.1, 0.15) is 56.7 Å². The Morgan fingerprint density at radius 2 is 1.95 bits per heavy atom. The molecule has 0 aliphatic carbocycles. The number of alkyl halides is 1. The van der Waals surface area contributed by atoms with E-state index in [1.54, 1.807) is 30.7 Å². The predicted octanol–water partition coefficient (Wildman–Crippen LogP) is 4.88. The fourth-order valence-electron chi connectivity index (χ4n) is 5.43. The summed E-state index contributed by atoms with van der Waals surface area (Å²) in [7, 11) is 0. The Morgan fingerprint density at radius 3 is 2.70 bits per heavy atom. The number of hydrogen-bond acceptors (Lipinski definition) is 7. The van der Waals surface area contributed by atoms with Crippen LogP contribution in [0.5, 0.6) is 0 Å². The maximum Gasteiger partial charge on any atom is 0.164 e. The van der Waals surface area contributed by atoms with E-state index in [9.17, 15) is 13.2 Å². The topological polar surface area (TPSA) is 76.9 Å². The van der Waals surface area contributed by atoms with E-state index in [1.165, 1.54) is 12.4 Å². The molecule has 0 spiro atoms. The average molecular weight is 520 g/mol. The van der Waals surface area contributed by atoms with Gasteiger partial charge < -0.3 is 28.3 Å². The van der Waals surface area contributed by atoms with Crippen molar-refractivity contribution in [1.82, 2.24) is 14.5 Å². The molecule has 0 amide bonds. The highest BCUT2D eigenvalue weighted by Gasteiger charge is 2.58. The van der Waals surface area contributed by atoms with Crippen molar-refractivity contribution in [2.75, 3.05) is 6.61 Å². The first-order valence-electron chi connectivity index (χ1n) is 12.4. The van der Waals surface area contributed by atoms with Crippen molar-refractivity contribution in [2.45, 2.75) is 82.5 Å². The highest BCUT2D eigenvalue weighted by Crippen LogP contribution is 2.48. The van der Waals surface area contributed by atoms with E-state index in [1.807, 2.05) is 0 Å². The standard InChI is InChI=1S/C26H28F3N3O5/c1-26(2)36-22-21(20(34-19-5-3-4-10-33-19)14-6-7-16(28)17(29)11-14)35-25(23(22)37-26)32-9-8-15-18(12-27)30-13-31-24(15)32/h6-9,11,13,19-23,25H,3-5,10,12H2,1-2H3/t19?,20-,21-,22-,23-,25-/m1/s1. The van der Waals surface area contributed by atoms with Crippen LogP contribution in [0.3, 0.4) is 0 Å². The average Bonchev–Trinajstić information content (AvgIpc) is 3.55. The van der Waals surface area contributed by atoms with E-state index >= 15 is 0 Å². The first-order valence-corrected chi connectivity index (χ1v) is 12.4. The summed E-state index contributed by atoms with van der Waals surface area (Å²) >= 11 is 0. The van der Waals surface area contributed by atoms with Crippen molar-refractivity contribution in [3.8, 4) is 0 Å². The van der Waals surface area contributed by atoms with Crippen LogP contribution in [0.4, 0.5) is 13.2 Å². The molecule has 0 N–H and O–H groups in total. The maximum absolute atomic E-state index is 14.3. The van der Waals surface area contributed by atoms with E-state index < -0.39 is 61.0 Å². The molecule has 6 atom stereocenters. The van der Waals surface area contributed by atoms with E-state index in [4.69, 9.17) is 23.7 Å². The van der Waals surface area contributed by atoms with Crippen LogP contribution >= 0.6 is 0 Å². The van der Waals surface area contributed by atoms with Crippen molar-refractivity contribution in [3.63, 3.8) is 0 Å². The minimum atomic E-state index is -0.988. The Labute approximate surface area is 211 Å². The van der Waals surface area contributed by atoms with Gasteiger partial charge in [-0.05, 0) is 56.9 Å². The van der Waals surface area contributed by atoms with Crippen molar-refractivity contribution >= 4 is 11.0 Å². The molecule has 3 fully saturated rings. The molecule has 8 nitrogen and oxygen atoms in total. The first-order chi connectivity index (χ1) is 17.8. The molecule has 2 aromatic heterocycles. The van der Waals surface area contributed by atoms with Gasteiger partial charge in [0.15, 0.2) is 29.9 Å². The highest BCUT2D eigenvalue weighted by molar-refractivity contribution is 5.78. The lowest BCUT2D eigenvalue weighted by Crippen LogP contribution is -2.38. The Morgan fingerprint density at radius 1 is 1.11 bits per heavy atom. The molecule has 5 heterocycles. The lowest BCUT2D eigenvalue weighted by atomic mass is 9.98. The van der Waals surface area contributed by atoms with Gasteiger partial charge in [-0.15, -0.1) is 0 Å². The Hall–Kier alpha value is -2.57. The molecule has 1 unspecified atom stereocenters. The van der Waals surface area contributed by atoms with Gasteiger partial charge in [-0.2, -0.15) is 0 Å². The molecule has 6 rings (SSSR count). The molecular weight excluding hydrogens is 491 g/mol. The van der Waals surface area contributed by atoms with Crippen molar-refractivity contribution in [1.29, 1.82) is 0 Å². The molecule has 3 saturated heterocycles. The number of rotatable bonds is 6. The summed E-state index contributed by atoms with van der Waals surface area (Å²) < 4.78 is 74.7. The summed E-state index contributed by atoms with van der Waals surface area (Å²) in [6.45, 7) is 3.42. The molecular formula is C26H28F3N3O5. The van der Waals surface area contributed by atoms with Gasteiger partial charge in [-0.25, -0.2) is 23.1 Å². The summed E-state index contributed by atoms with van der Waals surface area (Å²) in [5.74, 6) is -2.88. The summed E-state index contributed by atoms with van der Waals surface area (Å²) in [5.41, 5.74) is 1.16. The van der Waals surface area contributed by atoms with E-state index in [2.05, 4.69) is 9.97 Å². The number of benzene rings is 1. The van der Waals surface area contributed by atoms with E-state index in [-0.39, 0.29) is 5.69 Å². The highest BCUT2D eigenvalue weighted by atomic mass is 19.2. The number of fused-ring (bicyclic) bond motifs is 2. The molecule has 0 radical (unpaired) electrons.